The van der Waals surface area contributed by atoms with Gasteiger partial charge in [0, 0.05) is 13.6 Å². The second kappa shape index (κ2) is 7.31. The molecule has 0 saturated heterocycles. The van der Waals surface area contributed by atoms with Crippen molar-refractivity contribution in [1.82, 2.24) is 10.6 Å². The zero-order valence-electron chi connectivity index (χ0n) is 12.3. The van der Waals surface area contributed by atoms with E-state index < -0.39 is 5.60 Å². The first-order valence-electron chi connectivity index (χ1n) is 6.75. The van der Waals surface area contributed by atoms with Gasteiger partial charge in [-0.25, -0.2) is 0 Å². The molecule has 0 spiro atoms. The first-order valence-corrected chi connectivity index (χ1v) is 6.75. The van der Waals surface area contributed by atoms with Crippen LogP contribution in [0.1, 0.15) is 31.3 Å². The van der Waals surface area contributed by atoms with Crippen molar-refractivity contribution in [3.63, 3.8) is 0 Å². The molecule has 6 heteroatoms. The number of halogens is 1. The molecule has 1 aliphatic rings. The summed E-state index contributed by atoms with van der Waals surface area (Å²) < 4.78 is 5.47. The molecule has 1 aromatic heterocycles. The summed E-state index contributed by atoms with van der Waals surface area (Å²) in [5.41, 5.74) is -1.05. The number of guanidine groups is 1. The summed E-state index contributed by atoms with van der Waals surface area (Å²) in [5, 5.41) is 16.8. The number of nitrogens with zero attached hydrogens (tertiary/aromatic N) is 1. The Bertz CT molecular complexity index is 453. The van der Waals surface area contributed by atoms with E-state index in [1.165, 1.54) is 12.8 Å². The third kappa shape index (κ3) is 4.97. The smallest absolute Gasteiger partial charge is 0.191 e. The van der Waals surface area contributed by atoms with Crippen LogP contribution in [-0.2, 0) is 5.60 Å². The lowest BCUT2D eigenvalue weighted by Gasteiger charge is -2.22. The molecular weight excluding hydrogens is 369 g/mol. The van der Waals surface area contributed by atoms with Crippen LogP contribution in [0.25, 0.3) is 0 Å². The molecule has 1 heterocycles. The van der Waals surface area contributed by atoms with Gasteiger partial charge in [-0.15, -0.1) is 24.0 Å². The van der Waals surface area contributed by atoms with Gasteiger partial charge in [-0.1, -0.05) is 0 Å². The van der Waals surface area contributed by atoms with Crippen molar-refractivity contribution in [1.29, 1.82) is 0 Å². The van der Waals surface area contributed by atoms with Crippen LogP contribution < -0.4 is 10.6 Å². The molecule has 0 aliphatic heterocycles. The molecule has 0 bridgehead atoms. The Hall–Kier alpha value is -0.760. The molecule has 1 unspecified atom stereocenters. The van der Waals surface area contributed by atoms with Crippen molar-refractivity contribution in [2.75, 3.05) is 20.1 Å². The summed E-state index contributed by atoms with van der Waals surface area (Å²) in [6.45, 7) is 4.89. The van der Waals surface area contributed by atoms with Crippen LogP contribution in [0.5, 0.6) is 0 Å². The van der Waals surface area contributed by atoms with Crippen molar-refractivity contribution in [3.8, 4) is 0 Å². The van der Waals surface area contributed by atoms with E-state index in [2.05, 4.69) is 15.6 Å². The second-order valence-electron chi connectivity index (χ2n) is 5.43. The Morgan fingerprint density at radius 3 is 2.65 bits per heavy atom. The highest BCUT2D eigenvalue weighted by atomic mass is 127. The Morgan fingerprint density at radius 2 is 2.15 bits per heavy atom. The largest absolute Gasteiger partial charge is 0.463 e. The van der Waals surface area contributed by atoms with Crippen molar-refractivity contribution >= 4 is 29.9 Å². The summed E-state index contributed by atoms with van der Waals surface area (Å²) in [6, 6.07) is 3.65. The highest BCUT2D eigenvalue weighted by Gasteiger charge is 2.27. The number of rotatable bonds is 5. The van der Waals surface area contributed by atoms with E-state index >= 15 is 0 Å². The molecule has 1 atom stereocenters. The van der Waals surface area contributed by atoms with Gasteiger partial charge in [0.15, 0.2) is 5.96 Å². The van der Waals surface area contributed by atoms with Gasteiger partial charge in [-0.2, -0.15) is 0 Å². The zero-order chi connectivity index (χ0) is 13.9. The lowest BCUT2D eigenvalue weighted by molar-refractivity contribution is 0.0378. The minimum atomic E-state index is -1.05. The summed E-state index contributed by atoms with van der Waals surface area (Å²) in [5.74, 6) is 2.86. The fourth-order valence-electron chi connectivity index (χ4n) is 1.85. The first kappa shape index (κ1) is 17.3. The van der Waals surface area contributed by atoms with Crippen LogP contribution in [0.15, 0.2) is 21.5 Å². The predicted octanol–water partition coefficient (Wildman–Crippen LogP) is 1.99. The van der Waals surface area contributed by atoms with Crippen LogP contribution in [0, 0.1) is 12.8 Å². The van der Waals surface area contributed by atoms with Crippen LogP contribution in [0.2, 0.25) is 0 Å². The summed E-state index contributed by atoms with van der Waals surface area (Å²) in [7, 11) is 1.73. The van der Waals surface area contributed by atoms with Gasteiger partial charge in [-0.05, 0) is 44.7 Å². The van der Waals surface area contributed by atoms with Gasteiger partial charge in [-0.3, -0.25) is 4.99 Å². The molecule has 1 aromatic rings. The van der Waals surface area contributed by atoms with Gasteiger partial charge in [0.05, 0.1) is 6.54 Å². The molecule has 1 aliphatic carbocycles. The lowest BCUT2D eigenvalue weighted by Crippen LogP contribution is -2.44. The van der Waals surface area contributed by atoms with Crippen molar-refractivity contribution < 1.29 is 9.52 Å². The SMILES string of the molecule is CN=C(NCC1CC1)NCC(C)(O)c1ccc(C)o1.I. The van der Waals surface area contributed by atoms with Gasteiger partial charge in [0.2, 0.25) is 0 Å². The number of hydrogen-bond donors (Lipinski definition) is 3. The fourth-order valence-corrected chi connectivity index (χ4v) is 1.85. The number of aliphatic imine (C=N–C) groups is 1. The minimum absolute atomic E-state index is 0. The lowest BCUT2D eigenvalue weighted by atomic mass is 10.0. The highest BCUT2D eigenvalue weighted by Crippen LogP contribution is 2.27. The van der Waals surface area contributed by atoms with E-state index in [9.17, 15) is 5.11 Å². The quantitative estimate of drug-likeness (QED) is 0.407. The third-order valence-electron chi connectivity index (χ3n) is 3.35. The Morgan fingerprint density at radius 1 is 1.45 bits per heavy atom. The maximum atomic E-state index is 10.4. The monoisotopic (exact) mass is 393 g/mol. The third-order valence-corrected chi connectivity index (χ3v) is 3.35. The molecule has 0 amide bonds. The van der Waals surface area contributed by atoms with Crippen LogP contribution >= 0.6 is 24.0 Å². The van der Waals surface area contributed by atoms with Crippen LogP contribution in [0.4, 0.5) is 0 Å². The normalized spacial score (nSPS) is 18.1. The van der Waals surface area contributed by atoms with Crippen molar-refractivity contribution in [2.24, 2.45) is 10.9 Å². The number of nitrogens with one attached hydrogen (secondary N) is 2. The summed E-state index contributed by atoms with van der Waals surface area (Å²) in [4.78, 5) is 4.14. The summed E-state index contributed by atoms with van der Waals surface area (Å²) >= 11 is 0. The molecule has 1 saturated carbocycles. The van der Waals surface area contributed by atoms with E-state index in [-0.39, 0.29) is 24.0 Å². The standard InChI is InChI=1S/C14H23N3O2.HI/c1-10-4-7-12(19-10)14(2,18)9-17-13(15-3)16-8-11-5-6-11;/h4,7,11,18H,5-6,8-9H2,1-3H3,(H2,15,16,17);1H. The van der Waals surface area contributed by atoms with E-state index in [4.69, 9.17) is 4.42 Å². The fraction of sp³-hybridized carbons (Fsp3) is 0.643. The Kier molecular flexibility index (Phi) is 6.32. The van der Waals surface area contributed by atoms with E-state index in [1.807, 2.05) is 13.0 Å². The molecular formula is C14H24IN3O2. The number of furan rings is 1. The molecule has 5 nitrogen and oxygen atoms in total. The Labute approximate surface area is 137 Å². The maximum absolute atomic E-state index is 10.4. The number of aryl methyl sites for hydroxylation is 1. The molecule has 0 radical (unpaired) electrons. The van der Waals surface area contributed by atoms with Crippen LogP contribution in [0.3, 0.4) is 0 Å². The molecule has 20 heavy (non-hydrogen) atoms. The van der Waals surface area contributed by atoms with Gasteiger partial charge in [0.25, 0.3) is 0 Å². The zero-order valence-corrected chi connectivity index (χ0v) is 14.6. The van der Waals surface area contributed by atoms with E-state index in [0.29, 0.717) is 12.3 Å². The molecule has 3 N–H and O–H groups in total. The van der Waals surface area contributed by atoms with Crippen LogP contribution in [-0.4, -0.2) is 31.2 Å². The number of aliphatic hydroxyl groups is 1. The Balaban J connectivity index is 0.00000200. The van der Waals surface area contributed by atoms with Crippen molar-refractivity contribution in [3.05, 3.63) is 23.7 Å². The average molecular weight is 393 g/mol. The molecule has 2 rings (SSSR count). The van der Waals surface area contributed by atoms with Gasteiger partial charge >= 0.3 is 0 Å². The topological polar surface area (TPSA) is 69.8 Å². The van der Waals surface area contributed by atoms with E-state index in [1.54, 1.807) is 20.0 Å². The first-order chi connectivity index (χ1) is 9.01. The van der Waals surface area contributed by atoms with Crippen molar-refractivity contribution in [2.45, 2.75) is 32.3 Å². The molecule has 1 fully saturated rings. The van der Waals surface area contributed by atoms with E-state index in [0.717, 1.165) is 24.2 Å². The minimum Gasteiger partial charge on any atom is -0.463 e. The summed E-state index contributed by atoms with van der Waals surface area (Å²) in [6.07, 6.45) is 2.60. The predicted molar refractivity (Wildman–Crippen MR) is 90.5 cm³/mol. The highest BCUT2D eigenvalue weighted by molar-refractivity contribution is 14.0. The average Bonchev–Trinajstić information content (AvgIpc) is 3.09. The van der Waals surface area contributed by atoms with Gasteiger partial charge in [0.1, 0.15) is 17.1 Å². The molecule has 114 valence electrons. The van der Waals surface area contributed by atoms with Gasteiger partial charge < -0.3 is 20.2 Å². The maximum Gasteiger partial charge on any atom is 0.191 e. The number of hydrogen-bond acceptors (Lipinski definition) is 3. The molecule has 0 aromatic carbocycles. The second-order valence-corrected chi connectivity index (χ2v) is 5.43.